The predicted molar refractivity (Wildman–Crippen MR) is 157 cm³/mol. The summed E-state index contributed by atoms with van der Waals surface area (Å²) in [7, 11) is 0. The fourth-order valence-corrected chi connectivity index (χ4v) is 6.12. The number of pyridine rings is 1. The minimum Gasteiger partial charge on any atom is -0.338 e. The molecular weight excluding hydrogens is 540 g/mol. The van der Waals surface area contributed by atoms with E-state index in [-0.39, 0.29) is 11.4 Å². The van der Waals surface area contributed by atoms with Crippen molar-refractivity contribution >= 4 is 38.4 Å². The number of halogens is 1. The largest absolute Gasteiger partial charge is 0.338 e. The van der Waals surface area contributed by atoms with E-state index in [1.807, 2.05) is 49.2 Å². The number of nitrogens with zero attached hydrogens (tertiary/aromatic N) is 3. The standard InChI is InChI=1S/C31H37BrN4O2/c1-4-38-34-29(23-9-11-25(32)12-10-23)24-13-17-36(18-14-24)31(3)15-19-35(20-16-31)30(37)28-22(2)21-33-27-8-6-5-7-26(27)28/h5-12,21,34H,4,13-20H2,1-3H3. The van der Waals surface area contributed by atoms with Gasteiger partial charge in [-0.25, -0.2) is 0 Å². The number of piperidine rings is 2. The molecule has 0 radical (unpaired) electrons. The molecule has 0 spiro atoms. The monoisotopic (exact) mass is 576 g/mol. The van der Waals surface area contributed by atoms with Crippen molar-refractivity contribution in [2.24, 2.45) is 0 Å². The fraction of sp³-hybridized carbons (Fsp3) is 0.419. The number of amides is 1. The Morgan fingerprint density at radius 2 is 1.74 bits per heavy atom. The highest BCUT2D eigenvalue weighted by Crippen LogP contribution is 2.35. The molecule has 1 aromatic heterocycles. The number of nitrogens with one attached hydrogen (secondary N) is 1. The van der Waals surface area contributed by atoms with Crippen molar-refractivity contribution in [3.8, 4) is 0 Å². The second kappa shape index (κ2) is 11.6. The van der Waals surface area contributed by atoms with E-state index in [0.29, 0.717) is 6.61 Å². The molecule has 2 aromatic carbocycles. The number of hydrogen-bond donors (Lipinski definition) is 1. The van der Waals surface area contributed by atoms with Crippen LogP contribution in [0.4, 0.5) is 0 Å². The van der Waals surface area contributed by atoms with Crippen molar-refractivity contribution in [2.75, 3.05) is 32.8 Å². The van der Waals surface area contributed by atoms with Gasteiger partial charge in [0.2, 0.25) is 0 Å². The second-order valence-corrected chi connectivity index (χ2v) is 11.5. The first-order valence-corrected chi connectivity index (χ1v) is 14.4. The number of carbonyl (C=O) groups is 1. The van der Waals surface area contributed by atoms with Gasteiger partial charge in [0.25, 0.3) is 5.91 Å². The average Bonchev–Trinajstić information content (AvgIpc) is 2.94. The molecule has 1 amide bonds. The van der Waals surface area contributed by atoms with Gasteiger partial charge in [0, 0.05) is 47.8 Å². The summed E-state index contributed by atoms with van der Waals surface area (Å²) in [6.07, 6.45) is 5.80. The molecule has 0 aliphatic carbocycles. The van der Waals surface area contributed by atoms with Crippen LogP contribution in [0.2, 0.25) is 0 Å². The third kappa shape index (κ3) is 5.51. The van der Waals surface area contributed by atoms with Crippen LogP contribution < -0.4 is 5.48 Å². The van der Waals surface area contributed by atoms with Crippen molar-refractivity contribution in [3.05, 3.63) is 81.5 Å². The van der Waals surface area contributed by atoms with Gasteiger partial charge in [0.1, 0.15) is 0 Å². The SMILES string of the molecule is CCONC(=C1CCN(C2(C)CCN(C(=O)c3c(C)cnc4ccccc34)CC2)CC1)c1ccc(Br)cc1. The lowest BCUT2D eigenvalue weighted by Crippen LogP contribution is -2.56. The Morgan fingerprint density at radius 3 is 2.42 bits per heavy atom. The molecule has 200 valence electrons. The third-order valence-corrected chi connectivity index (χ3v) is 8.77. The summed E-state index contributed by atoms with van der Waals surface area (Å²) in [5, 5.41) is 0.948. The topological polar surface area (TPSA) is 57.7 Å². The van der Waals surface area contributed by atoms with Crippen LogP contribution in [0.3, 0.4) is 0 Å². The van der Waals surface area contributed by atoms with E-state index in [0.717, 1.165) is 89.6 Å². The lowest BCUT2D eigenvalue weighted by molar-refractivity contribution is 0.0256. The molecule has 38 heavy (non-hydrogen) atoms. The van der Waals surface area contributed by atoms with Crippen molar-refractivity contribution in [2.45, 2.75) is 52.0 Å². The third-order valence-electron chi connectivity index (χ3n) is 8.24. The van der Waals surface area contributed by atoms with Gasteiger partial charge in [-0.15, -0.1) is 0 Å². The number of carbonyl (C=O) groups excluding carboxylic acids is 1. The number of para-hydroxylation sites is 1. The first kappa shape index (κ1) is 26.9. The minimum absolute atomic E-state index is 0.1000. The van der Waals surface area contributed by atoms with Gasteiger partial charge in [-0.1, -0.05) is 46.3 Å². The van der Waals surface area contributed by atoms with Crippen LogP contribution in [0.15, 0.2) is 64.8 Å². The highest BCUT2D eigenvalue weighted by Gasteiger charge is 2.38. The lowest BCUT2D eigenvalue weighted by atomic mass is 9.84. The van der Waals surface area contributed by atoms with Crippen LogP contribution in [-0.2, 0) is 4.84 Å². The molecule has 6 nitrogen and oxygen atoms in total. The smallest absolute Gasteiger partial charge is 0.254 e. The summed E-state index contributed by atoms with van der Waals surface area (Å²) in [5.74, 6) is 0.133. The molecule has 3 aromatic rings. The van der Waals surface area contributed by atoms with Gasteiger partial charge in [-0.05, 0) is 81.4 Å². The molecule has 2 fully saturated rings. The molecule has 0 bridgehead atoms. The number of aryl methyl sites for hydroxylation is 1. The van der Waals surface area contributed by atoms with Crippen molar-refractivity contribution in [3.63, 3.8) is 0 Å². The molecule has 0 saturated carbocycles. The molecule has 2 aliphatic heterocycles. The first-order valence-electron chi connectivity index (χ1n) is 13.6. The first-order chi connectivity index (χ1) is 18.4. The molecule has 7 heteroatoms. The zero-order valence-corrected chi connectivity index (χ0v) is 24.2. The molecule has 0 unspecified atom stereocenters. The number of benzene rings is 2. The number of likely N-dealkylation sites (tertiary alicyclic amines) is 2. The van der Waals surface area contributed by atoms with E-state index in [1.54, 1.807) is 0 Å². The summed E-state index contributed by atoms with van der Waals surface area (Å²) < 4.78 is 1.07. The van der Waals surface area contributed by atoms with Crippen molar-refractivity contribution in [1.82, 2.24) is 20.3 Å². The Hall–Kier alpha value is -2.74. The van der Waals surface area contributed by atoms with E-state index < -0.39 is 0 Å². The van der Waals surface area contributed by atoms with Gasteiger partial charge >= 0.3 is 0 Å². The van der Waals surface area contributed by atoms with E-state index in [9.17, 15) is 4.79 Å². The Morgan fingerprint density at radius 1 is 1.05 bits per heavy atom. The minimum atomic E-state index is 0.1000. The number of fused-ring (bicyclic) bond motifs is 1. The Labute approximate surface area is 234 Å². The van der Waals surface area contributed by atoms with E-state index >= 15 is 0 Å². The maximum Gasteiger partial charge on any atom is 0.254 e. The zero-order valence-electron chi connectivity index (χ0n) is 22.6. The highest BCUT2D eigenvalue weighted by atomic mass is 79.9. The molecule has 1 N–H and O–H groups in total. The Bertz CT molecular complexity index is 1320. The quantitative estimate of drug-likeness (QED) is 0.346. The second-order valence-electron chi connectivity index (χ2n) is 10.6. The number of aromatic nitrogens is 1. The van der Waals surface area contributed by atoms with Gasteiger partial charge in [-0.2, -0.15) is 0 Å². The van der Waals surface area contributed by atoms with Gasteiger partial charge in [0.15, 0.2) is 0 Å². The van der Waals surface area contributed by atoms with Crippen LogP contribution in [0, 0.1) is 6.92 Å². The van der Waals surface area contributed by atoms with Crippen LogP contribution in [0.1, 0.15) is 61.0 Å². The molecule has 2 saturated heterocycles. The van der Waals surface area contributed by atoms with Crippen LogP contribution >= 0.6 is 15.9 Å². The summed E-state index contributed by atoms with van der Waals surface area (Å²) in [4.78, 5) is 28.5. The lowest BCUT2D eigenvalue weighted by Gasteiger charge is -2.48. The number of hydrogen-bond acceptors (Lipinski definition) is 5. The van der Waals surface area contributed by atoms with Crippen LogP contribution in [0.25, 0.3) is 16.6 Å². The summed E-state index contributed by atoms with van der Waals surface area (Å²) in [5.41, 5.74) is 9.61. The normalized spacial score (nSPS) is 18.0. The number of rotatable bonds is 6. The average molecular weight is 578 g/mol. The maximum atomic E-state index is 13.6. The molecule has 5 rings (SSSR count). The molecule has 2 aliphatic rings. The van der Waals surface area contributed by atoms with E-state index in [4.69, 9.17) is 4.84 Å². The number of hydroxylamine groups is 1. The molecule has 0 atom stereocenters. The fourth-order valence-electron chi connectivity index (χ4n) is 5.85. The Balaban J connectivity index is 1.26. The van der Waals surface area contributed by atoms with Gasteiger partial charge in [-0.3, -0.25) is 25.0 Å². The van der Waals surface area contributed by atoms with E-state index in [2.05, 4.69) is 62.5 Å². The van der Waals surface area contributed by atoms with Gasteiger partial charge < -0.3 is 4.90 Å². The van der Waals surface area contributed by atoms with E-state index in [1.165, 1.54) is 5.57 Å². The molecular formula is C31H37BrN4O2. The van der Waals surface area contributed by atoms with Gasteiger partial charge in [0.05, 0.1) is 23.4 Å². The van der Waals surface area contributed by atoms with Crippen molar-refractivity contribution in [1.29, 1.82) is 0 Å². The highest BCUT2D eigenvalue weighted by molar-refractivity contribution is 9.10. The summed E-state index contributed by atoms with van der Waals surface area (Å²) in [6, 6.07) is 16.4. The van der Waals surface area contributed by atoms with Crippen LogP contribution in [-0.4, -0.2) is 59.0 Å². The molecule has 3 heterocycles. The predicted octanol–water partition coefficient (Wildman–Crippen LogP) is 6.35. The Kier molecular flexibility index (Phi) is 8.17. The maximum absolute atomic E-state index is 13.6. The zero-order chi connectivity index (χ0) is 26.7. The summed E-state index contributed by atoms with van der Waals surface area (Å²) in [6.45, 7) is 10.6. The van der Waals surface area contributed by atoms with Crippen LogP contribution in [0.5, 0.6) is 0 Å². The summed E-state index contributed by atoms with van der Waals surface area (Å²) >= 11 is 3.54. The van der Waals surface area contributed by atoms with Crippen molar-refractivity contribution < 1.29 is 9.63 Å².